The van der Waals surface area contributed by atoms with Gasteiger partial charge in [-0.2, -0.15) is 0 Å². The van der Waals surface area contributed by atoms with Crippen LogP contribution in [0.3, 0.4) is 0 Å². The van der Waals surface area contributed by atoms with Crippen LogP contribution < -0.4 is 11.3 Å². The molecule has 1 aromatic carbocycles. The minimum atomic E-state index is -0.982. The first-order valence-corrected chi connectivity index (χ1v) is 8.45. The zero-order valence-electron chi connectivity index (χ0n) is 13.6. The number of carbonyl (C=O) groups excluding carboxylic acids is 1. The Kier molecular flexibility index (Phi) is 4.73. The quantitative estimate of drug-likeness (QED) is 0.851. The smallest absolute Gasteiger partial charge is 0.257 e. The van der Waals surface area contributed by atoms with Crippen molar-refractivity contribution in [1.82, 2.24) is 9.47 Å². The number of primary amides is 1. The third kappa shape index (κ3) is 3.30. The van der Waals surface area contributed by atoms with Crippen molar-refractivity contribution in [3.05, 3.63) is 74.7 Å². The van der Waals surface area contributed by atoms with E-state index in [2.05, 4.69) is 0 Å². The van der Waals surface area contributed by atoms with Crippen LogP contribution in [-0.4, -0.2) is 20.5 Å². The summed E-state index contributed by atoms with van der Waals surface area (Å²) in [6, 6.07) is 5.90. The summed E-state index contributed by atoms with van der Waals surface area (Å²) in [4.78, 5) is 25.9. The Bertz CT molecular complexity index is 974. The summed E-state index contributed by atoms with van der Waals surface area (Å²) in [5.41, 5.74) is 5.27. The predicted molar refractivity (Wildman–Crippen MR) is 92.8 cm³/mol. The number of nitrogens with zero attached hydrogens (tertiary/aromatic N) is 2. The summed E-state index contributed by atoms with van der Waals surface area (Å²) < 4.78 is 28.0. The maximum absolute atomic E-state index is 13.5. The molecule has 136 valence electrons. The van der Waals surface area contributed by atoms with Gasteiger partial charge in [-0.05, 0) is 30.7 Å². The van der Waals surface area contributed by atoms with Crippen molar-refractivity contribution < 1.29 is 18.7 Å². The van der Waals surface area contributed by atoms with E-state index in [4.69, 9.17) is 5.73 Å². The van der Waals surface area contributed by atoms with Gasteiger partial charge in [0.1, 0.15) is 5.75 Å². The molecule has 2 aromatic rings. The summed E-state index contributed by atoms with van der Waals surface area (Å²) in [6.07, 6.45) is 1.39. The number of carbonyl (C=O) groups is 1. The number of allylic oxidation sites excluding steroid dienone is 1. The molecule has 3 N–H and O–H groups in total. The van der Waals surface area contributed by atoms with Crippen LogP contribution in [0.25, 0.3) is 0 Å². The lowest BCUT2D eigenvalue weighted by molar-refractivity contribution is -0.114. The molecule has 3 rings (SSSR count). The Hall–Kier alpha value is -2.81. The second kappa shape index (κ2) is 6.83. The summed E-state index contributed by atoms with van der Waals surface area (Å²) in [7, 11) is 0. The standard InChI is InChI=1S/C17H15F2N3O3S/c1-9-15(16(20)25)26-17(21-5-4-11(23)7-14(21)24)22(9)8-10-2-3-12(18)13(19)6-10/h2-7,17,23H,8H2,1H3,(H2,20,25). The van der Waals surface area contributed by atoms with Crippen LogP contribution in [0.1, 0.15) is 18.0 Å². The topological polar surface area (TPSA) is 88.6 Å². The van der Waals surface area contributed by atoms with E-state index in [0.717, 1.165) is 30.0 Å². The van der Waals surface area contributed by atoms with Crippen LogP contribution in [0.5, 0.6) is 5.75 Å². The van der Waals surface area contributed by atoms with E-state index < -0.39 is 28.6 Å². The summed E-state index contributed by atoms with van der Waals surface area (Å²) in [6.45, 7) is 1.79. The van der Waals surface area contributed by atoms with Gasteiger partial charge in [0.05, 0.1) is 4.91 Å². The van der Waals surface area contributed by atoms with Gasteiger partial charge in [-0.3, -0.25) is 14.2 Å². The van der Waals surface area contributed by atoms with Crippen LogP contribution in [0.4, 0.5) is 8.78 Å². The molecule has 1 aliphatic heterocycles. The molecule has 0 radical (unpaired) electrons. The molecule has 1 unspecified atom stereocenters. The van der Waals surface area contributed by atoms with Crippen LogP contribution in [0.2, 0.25) is 0 Å². The number of aromatic nitrogens is 1. The highest BCUT2D eigenvalue weighted by molar-refractivity contribution is 8.04. The molecule has 1 aromatic heterocycles. The number of benzene rings is 1. The van der Waals surface area contributed by atoms with E-state index in [-0.39, 0.29) is 17.2 Å². The minimum absolute atomic E-state index is 0.130. The second-order valence-electron chi connectivity index (χ2n) is 5.73. The van der Waals surface area contributed by atoms with Gasteiger partial charge in [0.25, 0.3) is 11.5 Å². The Balaban J connectivity index is 2.02. The molecular formula is C17H15F2N3O3S. The first-order chi connectivity index (χ1) is 12.3. The lowest BCUT2D eigenvalue weighted by Gasteiger charge is -2.29. The Morgan fingerprint density at radius 1 is 1.27 bits per heavy atom. The number of rotatable bonds is 4. The van der Waals surface area contributed by atoms with E-state index in [1.54, 1.807) is 11.8 Å². The van der Waals surface area contributed by atoms with Gasteiger partial charge in [0.15, 0.2) is 17.1 Å². The number of pyridine rings is 1. The number of aromatic hydroxyl groups is 1. The van der Waals surface area contributed by atoms with Crippen molar-refractivity contribution in [1.29, 1.82) is 0 Å². The van der Waals surface area contributed by atoms with Crippen LogP contribution in [0, 0.1) is 11.6 Å². The number of thioether (sulfide) groups is 1. The zero-order chi connectivity index (χ0) is 19.0. The van der Waals surface area contributed by atoms with E-state index in [1.807, 2.05) is 0 Å². The van der Waals surface area contributed by atoms with E-state index in [0.29, 0.717) is 11.3 Å². The van der Waals surface area contributed by atoms with Gasteiger partial charge in [-0.15, -0.1) is 0 Å². The van der Waals surface area contributed by atoms with Gasteiger partial charge >= 0.3 is 0 Å². The fraction of sp³-hybridized carbons (Fsp3) is 0.176. The fourth-order valence-electron chi connectivity index (χ4n) is 2.69. The highest BCUT2D eigenvalue weighted by Crippen LogP contribution is 2.44. The van der Waals surface area contributed by atoms with E-state index in [9.17, 15) is 23.5 Å². The molecule has 0 aliphatic carbocycles. The maximum Gasteiger partial charge on any atom is 0.257 e. The fourth-order valence-corrected chi connectivity index (χ4v) is 3.95. The highest BCUT2D eigenvalue weighted by Gasteiger charge is 2.34. The normalized spacial score (nSPS) is 17.0. The zero-order valence-corrected chi connectivity index (χ0v) is 14.5. The number of amides is 1. The molecule has 0 saturated heterocycles. The molecular weight excluding hydrogens is 364 g/mol. The van der Waals surface area contributed by atoms with Gasteiger partial charge in [-0.25, -0.2) is 8.78 Å². The predicted octanol–water partition coefficient (Wildman–Crippen LogP) is 2.25. The highest BCUT2D eigenvalue weighted by atomic mass is 32.2. The van der Waals surface area contributed by atoms with Crippen LogP contribution in [0.15, 0.2) is 51.9 Å². The van der Waals surface area contributed by atoms with Crippen molar-refractivity contribution >= 4 is 17.7 Å². The monoisotopic (exact) mass is 379 g/mol. The number of hydrogen-bond donors (Lipinski definition) is 2. The molecule has 1 amide bonds. The van der Waals surface area contributed by atoms with Crippen LogP contribution in [-0.2, 0) is 11.3 Å². The summed E-state index contributed by atoms with van der Waals surface area (Å²) in [5, 5.41) is 9.43. The number of halogens is 2. The molecule has 26 heavy (non-hydrogen) atoms. The molecule has 9 heteroatoms. The van der Waals surface area contributed by atoms with Crippen molar-refractivity contribution in [3.8, 4) is 5.75 Å². The van der Waals surface area contributed by atoms with Gasteiger partial charge in [0.2, 0.25) is 0 Å². The Labute approximate surface area is 151 Å². The molecule has 1 aliphatic rings. The van der Waals surface area contributed by atoms with Crippen molar-refractivity contribution in [2.24, 2.45) is 5.73 Å². The number of nitrogens with two attached hydrogens (primary N) is 1. The third-order valence-corrected chi connectivity index (χ3v) is 5.40. The molecule has 0 fully saturated rings. The Morgan fingerprint density at radius 3 is 2.62 bits per heavy atom. The SMILES string of the molecule is CC1=C(C(N)=O)SC(n2ccc(O)cc2=O)N1Cc1ccc(F)c(F)c1. The maximum atomic E-state index is 13.5. The van der Waals surface area contributed by atoms with E-state index in [1.165, 1.54) is 22.9 Å². The molecule has 0 saturated carbocycles. The average Bonchev–Trinajstić information content (AvgIpc) is 2.88. The van der Waals surface area contributed by atoms with Crippen molar-refractivity contribution in [2.75, 3.05) is 0 Å². The van der Waals surface area contributed by atoms with Gasteiger partial charge in [0, 0.05) is 24.5 Å². The first-order valence-electron chi connectivity index (χ1n) is 7.57. The molecule has 0 bridgehead atoms. The number of hydrogen-bond acceptors (Lipinski definition) is 5. The second-order valence-corrected chi connectivity index (χ2v) is 6.80. The lowest BCUT2D eigenvalue weighted by atomic mass is 10.2. The molecule has 0 spiro atoms. The van der Waals surface area contributed by atoms with Crippen molar-refractivity contribution in [3.63, 3.8) is 0 Å². The average molecular weight is 379 g/mol. The minimum Gasteiger partial charge on any atom is -0.508 e. The van der Waals surface area contributed by atoms with Gasteiger partial charge in [-0.1, -0.05) is 17.8 Å². The van der Waals surface area contributed by atoms with Crippen LogP contribution >= 0.6 is 11.8 Å². The molecule has 1 atom stereocenters. The van der Waals surface area contributed by atoms with E-state index >= 15 is 0 Å². The van der Waals surface area contributed by atoms with Gasteiger partial charge < -0.3 is 15.7 Å². The summed E-state index contributed by atoms with van der Waals surface area (Å²) in [5.74, 6) is -2.76. The molecule has 6 nitrogen and oxygen atoms in total. The largest absolute Gasteiger partial charge is 0.508 e. The molecule has 2 heterocycles. The first kappa shape index (κ1) is 18.0. The third-order valence-electron chi connectivity index (χ3n) is 3.98. The summed E-state index contributed by atoms with van der Waals surface area (Å²) >= 11 is 1.08. The Morgan fingerprint density at radius 2 is 2.00 bits per heavy atom. The lowest BCUT2D eigenvalue weighted by Crippen LogP contribution is -2.31. The van der Waals surface area contributed by atoms with Crippen molar-refractivity contribution in [2.45, 2.75) is 19.0 Å².